The molecule has 0 saturated heterocycles. The molecule has 8 heteroatoms. The molecule has 7 nitrogen and oxygen atoms in total. The van der Waals surface area contributed by atoms with Gasteiger partial charge in [0.15, 0.2) is 0 Å². The van der Waals surface area contributed by atoms with Crippen LogP contribution in [0, 0.1) is 12.7 Å². The zero-order chi connectivity index (χ0) is 21.7. The minimum Gasteiger partial charge on any atom is -0.481 e. The Balaban J connectivity index is 2.36. The van der Waals surface area contributed by atoms with Gasteiger partial charge in [-0.15, -0.1) is 0 Å². The Morgan fingerprint density at radius 3 is 2.31 bits per heavy atom. The van der Waals surface area contributed by atoms with Crippen molar-refractivity contribution in [2.75, 3.05) is 0 Å². The summed E-state index contributed by atoms with van der Waals surface area (Å²) in [6, 6.07) is 5.92. The molecule has 0 aliphatic heterocycles. The third-order valence-electron chi connectivity index (χ3n) is 4.97. The number of aliphatic hydroxyl groups is 2. The van der Waals surface area contributed by atoms with Crippen molar-refractivity contribution >= 4 is 11.9 Å². The molecule has 0 aliphatic rings. The van der Waals surface area contributed by atoms with Gasteiger partial charge in [0.1, 0.15) is 11.5 Å². The number of nitrogens with two attached hydrogens (primary N) is 1. The maximum absolute atomic E-state index is 13.4. The van der Waals surface area contributed by atoms with Crippen LogP contribution < -0.4 is 5.73 Å². The van der Waals surface area contributed by atoms with Crippen molar-refractivity contribution in [1.82, 2.24) is 4.57 Å². The van der Waals surface area contributed by atoms with Crippen LogP contribution in [0.15, 0.2) is 24.3 Å². The zero-order valence-corrected chi connectivity index (χ0v) is 16.6. The fraction of sp³-hybridized carbons (Fsp3) is 0.429. The van der Waals surface area contributed by atoms with Crippen LogP contribution in [0.1, 0.15) is 47.9 Å². The van der Waals surface area contributed by atoms with Gasteiger partial charge in [0.2, 0.25) is 0 Å². The van der Waals surface area contributed by atoms with Crippen molar-refractivity contribution in [1.29, 1.82) is 0 Å². The first-order chi connectivity index (χ1) is 13.6. The molecule has 0 fully saturated rings. The largest absolute Gasteiger partial charge is 0.481 e. The van der Waals surface area contributed by atoms with Gasteiger partial charge in [0, 0.05) is 17.8 Å². The van der Waals surface area contributed by atoms with Crippen LogP contribution >= 0.6 is 0 Å². The second-order valence-corrected chi connectivity index (χ2v) is 7.09. The summed E-state index contributed by atoms with van der Waals surface area (Å²) in [4.78, 5) is 22.7. The van der Waals surface area contributed by atoms with Gasteiger partial charge in [-0.05, 0) is 56.4 Å². The highest BCUT2D eigenvalue weighted by Crippen LogP contribution is 2.34. The minimum absolute atomic E-state index is 0.0628. The summed E-state index contributed by atoms with van der Waals surface area (Å²) in [5.74, 6) is -2.08. The number of halogens is 1. The minimum atomic E-state index is -1.14. The average Bonchev–Trinajstić information content (AvgIpc) is 2.91. The molecule has 2 aromatic rings. The van der Waals surface area contributed by atoms with Gasteiger partial charge >= 0.3 is 5.97 Å². The number of benzene rings is 1. The van der Waals surface area contributed by atoms with E-state index in [2.05, 4.69) is 0 Å². The maximum atomic E-state index is 13.4. The topological polar surface area (TPSA) is 126 Å². The van der Waals surface area contributed by atoms with E-state index in [-0.39, 0.29) is 18.7 Å². The van der Waals surface area contributed by atoms with Crippen LogP contribution in [0.3, 0.4) is 0 Å². The molecule has 2 atom stereocenters. The first-order valence-corrected chi connectivity index (χ1v) is 9.51. The number of carbonyl (C=O) groups is 2. The molecule has 1 aromatic carbocycles. The molecule has 1 amide bonds. The first kappa shape index (κ1) is 22.6. The van der Waals surface area contributed by atoms with Crippen LogP contribution in [0.5, 0.6) is 0 Å². The molecule has 1 aromatic heterocycles. The summed E-state index contributed by atoms with van der Waals surface area (Å²) in [5, 5.41) is 28.7. The van der Waals surface area contributed by atoms with E-state index < -0.39 is 30.5 Å². The van der Waals surface area contributed by atoms with Crippen molar-refractivity contribution in [3.8, 4) is 11.1 Å². The van der Waals surface area contributed by atoms with Crippen LogP contribution in [0.25, 0.3) is 11.1 Å². The van der Waals surface area contributed by atoms with Gasteiger partial charge in [-0.25, -0.2) is 4.39 Å². The van der Waals surface area contributed by atoms with Crippen molar-refractivity contribution in [3.05, 3.63) is 47.0 Å². The molecular weight excluding hydrogens is 379 g/mol. The Kier molecular flexibility index (Phi) is 7.53. The summed E-state index contributed by atoms with van der Waals surface area (Å²) in [5.41, 5.74) is 8.90. The number of aliphatic hydroxyl groups excluding tert-OH is 2. The Labute approximate surface area is 168 Å². The Morgan fingerprint density at radius 2 is 1.79 bits per heavy atom. The SMILES string of the molecule is CCn1c(CC[C@@H](O)C[C@@H](O)CC(=O)O)c(-c2ccc(F)cc2)c(C)c1C(N)=O. The maximum Gasteiger partial charge on any atom is 0.305 e. The van der Waals surface area contributed by atoms with Gasteiger partial charge in [0.25, 0.3) is 5.91 Å². The van der Waals surface area contributed by atoms with Crippen LogP contribution in [0.4, 0.5) is 4.39 Å². The molecule has 2 rings (SSSR count). The number of aliphatic carboxylic acids is 1. The van der Waals surface area contributed by atoms with E-state index in [1.807, 2.05) is 6.92 Å². The molecule has 0 saturated carbocycles. The second kappa shape index (κ2) is 9.67. The second-order valence-electron chi connectivity index (χ2n) is 7.09. The first-order valence-electron chi connectivity index (χ1n) is 9.51. The highest BCUT2D eigenvalue weighted by Gasteiger charge is 2.24. The molecule has 0 aliphatic carbocycles. The van der Waals surface area contributed by atoms with Crippen LogP contribution in [-0.4, -0.2) is 44.0 Å². The number of carbonyl (C=O) groups excluding carboxylic acids is 1. The molecule has 158 valence electrons. The monoisotopic (exact) mass is 406 g/mol. The number of nitrogens with zero attached hydrogens (tertiary/aromatic N) is 1. The molecule has 29 heavy (non-hydrogen) atoms. The highest BCUT2D eigenvalue weighted by atomic mass is 19.1. The van der Waals surface area contributed by atoms with Gasteiger partial charge in [0.05, 0.1) is 18.6 Å². The van der Waals surface area contributed by atoms with Crippen molar-refractivity contribution < 1.29 is 29.3 Å². The number of aromatic nitrogens is 1. The van der Waals surface area contributed by atoms with Crippen LogP contribution in [0.2, 0.25) is 0 Å². The fourth-order valence-corrected chi connectivity index (χ4v) is 3.75. The van der Waals surface area contributed by atoms with Gasteiger partial charge in [-0.1, -0.05) is 12.1 Å². The van der Waals surface area contributed by atoms with Crippen LogP contribution in [-0.2, 0) is 17.8 Å². The number of carboxylic acids is 1. The fourth-order valence-electron chi connectivity index (χ4n) is 3.75. The third kappa shape index (κ3) is 5.42. The number of carboxylic acid groups (broad SMARTS) is 1. The standard InChI is InChI=1S/C21H27FN2O5/c1-3-24-17(9-8-15(25)10-16(26)11-18(27)28)19(12(2)20(24)21(23)29)13-4-6-14(22)7-5-13/h4-7,15-16,25-26H,3,8-11H2,1-2H3,(H2,23,29)(H,27,28)/t15-,16-/m1/s1. The van der Waals surface area contributed by atoms with Gasteiger partial charge < -0.3 is 25.6 Å². The normalized spacial score (nSPS) is 13.3. The number of hydrogen-bond acceptors (Lipinski definition) is 4. The molecule has 1 heterocycles. The van der Waals surface area contributed by atoms with E-state index in [0.717, 1.165) is 16.8 Å². The van der Waals surface area contributed by atoms with Crippen molar-refractivity contribution in [3.63, 3.8) is 0 Å². The molecule has 5 N–H and O–H groups in total. The number of amides is 1. The average molecular weight is 406 g/mol. The molecule has 0 spiro atoms. The summed E-state index contributed by atoms with van der Waals surface area (Å²) in [6.45, 7) is 4.13. The number of primary amides is 1. The van der Waals surface area contributed by atoms with E-state index in [4.69, 9.17) is 10.8 Å². The smallest absolute Gasteiger partial charge is 0.305 e. The van der Waals surface area contributed by atoms with Gasteiger partial charge in [-0.3, -0.25) is 9.59 Å². The number of hydrogen-bond donors (Lipinski definition) is 4. The van der Waals surface area contributed by atoms with E-state index in [0.29, 0.717) is 24.2 Å². The molecular formula is C21H27FN2O5. The predicted molar refractivity (Wildman–Crippen MR) is 106 cm³/mol. The molecule has 0 unspecified atom stereocenters. The van der Waals surface area contributed by atoms with Crippen molar-refractivity contribution in [2.24, 2.45) is 5.73 Å². The molecule has 0 radical (unpaired) electrons. The van der Waals surface area contributed by atoms with E-state index in [9.17, 15) is 24.2 Å². The van der Waals surface area contributed by atoms with E-state index in [1.165, 1.54) is 12.1 Å². The highest BCUT2D eigenvalue weighted by molar-refractivity contribution is 5.96. The lowest BCUT2D eigenvalue weighted by Crippen LogP contribution is -2.22. The third-order valence-corrected chi connectivity index (χ3v) is 4.97. The van der Waals surface area contributed by atoms with E-state index >= 15 is 0 Å². The Bertz CT molecular complexity index is 876. The van der Waals surface area contributed by atoms with E-state index in [1.54, 1.807) is 23.6 Å². The summed E-state index contributed by atoms with van der Waals surface area (Å²) in [7, 11) is 0. The number of rotatable bonds is 10. The zero-order valence-electron chi connectivity index (χ0n) is 16.6. The summed E-state index contributed by atoms with van der Waals surface area (Å²) < 4.78 is 15.2. The molecule has 0 bridgehead atoms. The lowest BCUT2D eigenvalue weighted by atomic mass is 9.97. The lowest BCUT2D eigenvalue weighted by Gasteiger charge is -2.16. The summed E-state index contributed by atoms with van der Waals surface area (Å²) in [6.07, 6.45) is -1.92. The van der Waals surface area contributed by atoms with Gasteiger partial charge in [-0.2, -0.15) is 0 Å². The predicted octanol–water partition coefficient (Wildman–Crippen LogP) is 2.24. The summed E-state index contributed by atoms with van der Waals surface area (Å²) >= 11 is 0. The Morgan fingerprint density at radius 1 is 1.17 bits per heavy atom. The lowest BCUT2D eigenvalue weighted by molar-refractivity contribution is -0.139. The van der Waals surface area contributed by atoms with Crippen molar-refractivity contribution in [2.45, 2.75) is 58.3 Å². The Hall–Kier alpha value is -2.71. The quantitative estimate of drug-likeness (QED) is 0.481.